The lowest BCUT2D eigenvalue weighted by Gasteiger charge is -2.21. The minimum atomic E-state index is 0.580. The molecule has 0 unspecified atom stereocenters. The molecule has 1 aliphatic rings. The van der Waals surface area contributed by atoms with Gasteiger partial charge in [0.05, 0.1) is 7.11 Å². The predicted octanol–water partition coefficient (Wildman–Crippen LogP) is 3.28. The third-order valence-electron chi connectivity index (χ3n) is 2.37. The van der Waals surface area contributed by atoms with Crippen LogP contribution >= 0.6 is 0 Å². The fourth-order valence-electron chi connectivity index (χ4n) is 1.85. The molecule has 0 spiro atoms. The minimum Gasteiger partial charge on any atom is -0.497 e. The van der Waals surface area contributed by atoms with Crippen molar-refractivity contribution in [3.8, 4) is 0 Å². The maximum absolute atomic E-state index is 5.34. The molecular formula is C11H18O. The monoisotopic (exact) mass is 166 g/mol. The number of rotatable bonds is 2. The van der Waals surface area contributed by atoms with E-state index in [1.807, 2.05) is 0 Å². The van der Waals surface area contributed by atoms with Gasteiger partial charge in [-0.3, -0.25) is 0 Å². The molecule has 0 fully saturated rings. The molecule has 0 atom stereocenters. The van der Waals surface area contributed by atoms with Gasteiger partial charge in [0.15, 0.2) is 0 Å². The molecule has 0 saturated carbocycles. The lowest BCUT2D eigenvalue weighted by atomic mass is 9.89. The van der Waals surface area contributed by atoms with Gasteiger partial charge in [0, 0.05) is 0 Å². The highest BCUT2D eigenvalue weighted by atomic mass is 16.5. The number of hydrogen-bond donors (Lipinski definition) is 0. The minimum absolute atomic E-state index is 0.580. The number of allylic oxidation sites excluding steroid dienone is 3. The topological polar surface area (TPSA) is 9.23 Å². The Morgan fingerprint density at radius 2 is 2.08 bits per heavy atom. The Balaban J connectivity index is 2.94. The van der Waals surface area contributed by atoms with Gasteiger partial charge in [-0.1, -0.05) is 19.4 Å². The molecule has 0 saturated heterocycles. The number of methoxy groups -OCH3 is 1. The van der Waals surface area contributed by atoms with Gasteiger partial charge in [-0.15, -0.1) is 0 Å². The Bertz CT molecular complexity index is 221. The van der Waals surface area contributed by atoms with Crippen LogP contribution in [-0.2, 0) is 4.74 Å². The molecule has 12 heavy (non-hydrogen) atoms. The zero-order valence-corrected chi connectivity index (χ0v) is 8.48. The van der Waals surface area contributed by atoms with Crippen LogP contribution in [0.4, 0.5) is 0 Å². The standard InChI is InChI=1S/C11H18O/c1-8(2)11-9(3)6-5-7-10(11)12-4/h7-8H,5-6H2,1-4H3. The second-order valence-electron chi connectivity index (χ2n) is 3.66. The Morgan fingerprint density at radius 1 is 1.42 bits per heavy atom. The summed E-state index contributed by atoms with van der Waals surface area (Å²) in [6, 6.07) is 0. The molecule has 0 aromatic rings. The van der Waals surface area contributed by atoms with Gasteiger partial charge in [-0.25, -0.2) is 0 Å². The van der Waals surface area contributed by atoms with Crippen molar-refractivity contribution in [3.05, 3.63) is 23.0 Å². The van der Waals surface area contributed by atoms with E-state index in [4.69, 9.17) is 4.74 Å². The van der Waals surface area contributed by atoms with Crippen molar-refractivity contribution < 1.29 is 4.74 Å². The number of ether oxygens (including phenoxy) is 1. The first kappa shape index (κ1) is 9.37. The van der Waals surface area contributed by atoms with Crippen LogP contribution in [0.3, 0.4) is 0 Å². The summed E-state index contributed by atoms with van der Waals surface area (Å²) in [5, 5.41) is 0. The Hall–Kier alpha value is -0.720. The van der Waals surface area contributed by atoms with Crippen molar-refractivity contribution in [2.24, 2.45) is 5.92 Å². The second kappa shape index (κ2) is 3.79. The van der Waals surface area contributed by atoms with E-state index in [0.717, 1.165) is 12.2 Å². The lowest BCUT2D eigenvalue weighted by Crippen LogP contribution is -2.07. The Morgan fingerprint density at radius 3 is 2.50 bits per heavy atom. The predicted molar refractivity (Wildman–Crippen MR) is 51.9 cm³/mol. The molecule has 0 aromatic carbocycles. The van der Waals surface area contributed by atoms with Gasteiger partial charge in [0.1, 0.15) is 5.76 Å². The van der Waals surface area contributed by atoms with E-state index in [1.54, 1.807) is 7.11 Å². The van der Waals surface area contributed by atoms with Crippen molar-refractivity contribution in [1.82, 2.24) is 0 Å². The number of hydrogen-bond acceptors (Lipinski definition) is 1. The summed E-state index contributed by atoms with van der Waals surface area (Å²) in [6.45, 7) is 6.65. The molecule has 1 heteroatoms. The second-order valence-corrected chi connectivity index (χ2v) is 3.66. The largest absolute Gasteiger partial charge is 0.497 e. The molecule has 68 valence electrons. The van der Waals surface area contributed by atoms with E-state index in [9.17, 15) is 0 Å². The summed E-state index contributed by atoms with van der Waals surface area (Å²) < 4.78 is 5.34. The summed E-state index contributed by atoms with van der Waals surface area (Å²) in [5.74, 6) is 1.67. The molecule has 1 rings (SSSR count). The van der Waals surface area contributed by atoms with Crippen molar-refractivity contribution in [2.45, 2.75) is 33.6 Å². The van der Waals surface area contributed by atoms with Crippen LogP contribution in [0.2, 0.25) is 0 Å². The highest BCUT2D eigenvalue weighted by Gasteiger charge is 2.16. The Kier molecular flexibility index (Phi) is 2.96. The van der Waals surface area contributed by atoms with Crippen LogP contribution in [0.1, 0.15) is 33.6 Å². The first-order chi connectivity index (χ1) is 5.66. The fraction of sp³-hybridized carbons (Fsp3) is 0.636. The van der Waals surface area contributed by atoms with E-state index in [1.165, 1.54) is 17.6 Å². The quantitative estimate of drug-likeness (QED) is 0.611. The molecule has 0 N–H and O–H groups in total. The van der Waals surface area contributed by atoms with Crippen molar-refractivity contribution in [2.75, 3.05) is 7.11 Å². The van der Waals surface area contributed by atoms with Crippen molar-refractivity contribution in [3.63, 3.8) is 0 Å². The summed E-state index contributed by atoms with van der Waals surface area (Å²) >= 11 is 0. The molecule has 0 aliphatic heterocycles. The van der Waals surface area contributed by atoms with E-state index >= 15 is 0 Å². The fourth-order valence-corrected chi connectivity index (χ4v) is 1.85. The summed E-state index contributed by atoms with van der Waals surface area (Å²) in [7, 11) is 1.76. The molecule has 1 nitrogen and oxygen atoms in total. The zero-order valence-electron chi connectivity index (χ0n) is 8.48. The summed E-state index contributed by atoms with van der Waals surface area (Å²) in [4.78, 5) is 0. The van der Waals surface area contributed by atoms with Crippen LogP contribution in [0, 0.1) is 5.92 Å². The van der Waals surface area contributed by atoms with Crippen molar-refractivity contribution >= 4 is 0 Å². The van der Waals surface area contributed by atoms with Gasteiger partial charge in [-0.05, 0) is 37.3 Å². The highest BCUT2D eigenvalue weighted by Crippen LogP contribution is 2.30. The third kappa shape index (κ3) is 1.71. The molecule has 0 radical (unpaired) electrons. The maximum atomic E-state index is 5.34. The van der Waals surface area contributed by atoms with Gasteiger partial charge < -0.3 is 4.74 Å². The van der Waals surface area contributed by atoms with Crippen LogP contribution in [0.5, 0.6) is 0 Å². The molecule has 0 bridgehead atoms. The molecule has 0 heterocycles. The smallest absolute Gasteiger partial charge is 0.118 e. The van der Waals surface area contributed by atoms with Gasteiger partial charge in [-0.2, -0.15) is 0 Å². The van der Waals surface area contributed by atoms with Crippen molar-refractivity contribution in [1.29, 1.82) is 0 Å². The van der Waals surface area contributed by atoms with E-state index in [-0.39, 0.29) is 0 Å². The Labute approximate surface area is 75.1 Å². The molecule has 0 aromatic heterocycles. The van der Waals surface area contributed by atoms with Crippen LogP contribution in [0.25, 0.3) is 0 Å². The first-order valence-electron chi connectivity index (χ1n) is 4.61. The average molecular weight is 166 g/mol. The van der Waals surface area contributed by atoms with E-state index in [2.05, 4.69) is 26.8 Å². The third-order valence-corrected chi connectivity index (χ3v) is 2.37. The van der Waals surface area contributed by atoms with E-state index in [0.29, 0.717) is 5.92 Å². The van der Waals surface area contributed by atoms with Gasteiger partial charge in [0.2, 0.25) is 0 Å². The van der Waals surface area contributed by atoms with Crippen LogP contribution in [-0.4, -0.2) is 7.11 Å². The first-order valence-corrected chi connectivity index (χ1v) is 4.61. The highest BCUT2D eigenvalue weighted by molar-refractivity contribution is 5.35. The lowest BCUT2D eigenvalue weighted by molar-refractivity contribution is 0.289. The van der Waals surface area contributed by atoms with Gasteiger partial charge in [0.25, 0.3) is 0 Å². The zero-order chi connectivity index (χ0) is 9.14. The summed E-state index contributed by atoms with van der Waals surface area (Å²) in [6.07, 6.45) is 4.52. The van der Waals surface area contributed by atoms with Gasteiger partial charge >= 0.3 is 0 Å². The molecular weight excluding hydrogens is 148 g/mol. The maximum Gasteiger partial charge on any atom is 0.118 e. The normalized spacial score (nSPS) is 18.2. The van der Waals surface area contributed by atoms with Crippen LogP contribution < -0.4 is 0 Å². The SMILES string of the molecule is COC1=CCCC(C)=C1C(C)C. The average Bonchev–Trinajstić information content (AvgIpc) is 2.03. The molecule has 1 aliphatic carbocycles. The van der Waals surface area contributed by atoms with E-state index < -0.39 is 0 Å². The van der Waals surface area contributed by atoms with Crippen LogP contribution in [0.15, 0.2) is 23.0 Å². The summed E-state index contributed by atoms with van der Waals surface area (Å²) in [5.41, 5.74) is 2.90. The molecule has 0 amide bonds.